The zero-order valence-electron chi connectivity index (χ0n) is 16.2. The second kappa shape index (κ2) is 8.73. The number of anilines is 1. The van der Waals surface area contributed by atoms with E-state index in [9.17, 15) is 20.0 Å². The lowest BCUT2D eigenvalue weighted by Gasteiger charge is -2.25. The van der Waals surface area contributed by atoms with E-state index >= 15 is 0 Å². The van der Waals surface area contributed by atoms with E-state index in [1.807, 2.05) is 0 Å². The van der Waals surface area contributed by atoms with Crippen molar-refractivity contribution in [1.82, 2.24) is 4.90 Å². The van der Waals surface area contributed by atoms with Crippen LogP contribution in [0.15, 0.2) is 29.1 Å². The predicted molar refractivity (Wildman–Crippen MR) is 110 cm³/mol. The monoisotopic (exact) mass is 427 g/mol. The smallest absolute Gasteiger partial charge is 0.410 e. The summed E-state index contributed by atoms with van der Waals surface area (Å²) in [6, 6.07) is 3.93. The molecule has 2 aromatic rings. The van der Waals surface area contributed by atoms with Crippen LogP contribution in [0.25, 0.3) is 6.08 Å². The molecule has 2 N–H and O–H groups in total. The number of β-amino-alcohol motifs (C(OH)–C–C–N with tert-alkyl or cyclic N) is 1. The highest BCUT2D eigenvalue weighted by Gasteiger charge is 2.31. The second-order valence-electron chi connectivity index (χ2n) is 7.34. The Hall–Kier alpha value is -3.09. The third-order valence-corrected chi connectivity index (χ3v) is 6.40. The van der Waals surface area contributed by atoms with Gasteiger partial charge in [-0.1, -0.05) is 0 Å². The number of carbonyl (C=O) groups is 2. The Bertz CT molecular complexity index is 1000. The molecule has 1 saturated heterocycles. The number of furan rings is 1. The van der Waals surface area contributed by atoms with Crippen LogP contribution >= 0.6 is 11.3 Å². The fraction of sp³-hybridized carbons (Fsp3) is 0.381. The molecular weight excluding hydrogens is 406 g/mol. The van der Waals surface area contributed by atoms with Gasteiger partial charge in [0.05, 0.1) is 24.2 Å². The van der Waals surface area contributed by atoms with E-state index in [2.05, 4.69) is 11.4 Å². The summed E-state index contributed by atoms with van der Waals surface area (Å²) in [5.74, 6) is -0.332. The van der Waals surface area contributed by atoms with Crippen molar-refractivity contribution in [2.75, 3.05) is 18.4 Å². The SMILES string of the molecule is N#Cc1c(NC(=O)C=Cc2ccoc2)sc2c1CCC(OC(=O)N1CCC(O)C1)C2. The maximum Gasteiger partial charge on any atom is 0.410 e. The van der Waals surface area contributed by atoms with Crippen molar-refractivity contribution in [3.05, 3.63) is 46.2 Å². The lowest BCUT2D eigenvalue weighted by atomic mass is 9.94. The Kier molecular flexibility index (Phi) is 5.88. The van der Waals surface area contributed by atoms with Crippen LogP contribution in [0, 0.1) is 11.3 Å². The van der Waals surface area contributed by atoms with Gasteiger partial charge in [0.15, 0.2) is 0 Å². The van der Waals surface area contributed by atoms with E-state index in [0.717, 1.165) is 16.0 Å². The number of fused-ring (bicyclic) bond motifs is 1. The van der Waals surface area contributed by atoms with Crippen LogP contribution in [0.3, 0.4) is 0 Å². The van der Waals surface area contributed by atoms with Crippen molar-refractivity contribution in [2.24, 2.45) is 0 Å². The van der Waals surface area contributed by atoms with Gasteiger partial charge in [0.2, 0.25) is 5.91 Å². The minimum Gasteiger partial charge on any atom is -0.472 e. The third kappa shape index (κ3) is 4.40. The van der Waals surface area contributed by atoms with E-state index in [1.165, 1.54) is 34.8 Å². The van der Waals surface area contributed by atoms with Gasteiger partial charge in [-0.15, -0.1) is 11.3 Å². The number of aliphatic hydroxyl groups is 1. The van der Waals surface area contributed by atoms with Gasteiger partial charge in [-0.3, -0.25) is 4.79 Å². The second-order valence-corrected chi connectivity index (χ2v) is 8.44. The molecule has 1 aliphatic heterocycles. The van der Waals surface area contributed by atoms with Crippen LogP contribution in [0.4, 0.5) is 9.80 Å². The first-order chi connectivity index (χ1) is 14.5. The average Bonchev–Trinajstić information content (AvgIpc) is 3.45. The molecule has 0 spiro atoms. The highest BCUT2D eigenvalue weighted by molar-refractivity contribution is 7.16. The summed E-state index contributed by atoms with van der Waals surface area (Å²) >= 11 is 1.35. The summed E-state index contributed by atoms with van der Waals surface area (Å²) in [5, 5.41) is 22.5. The normalized spacial score (nSPS) is 20.7. The zero-order valence-corrected chi connectivity index (χ0v) is 17.0. The van der Waals surface area contributed by atoms with E-state index in [1.54, 1.807) is 12.1 Å². The molecule has 3 heterocycles. The Morgan fingerprint density at radius 2 is 2.30 bits per heavy atom. The van der Waals surface area contributed by atoms with Crippen LogP contribution < -0.4 is 5.32 Å². The van der Waals surface area contributed by atoms with Gasteiger partial charge in [-0.05, 0) is 37.0 Å². The number of nitrogens with zero attached hydrogens (tertiary/aromatic N) is 2. The molecule has 0 saturated carbocycles. The molecule has 156 valence electrons. The van der Waals surface area contributed by atoms with Crippen molar-refractivity contribution >= 4 is 34.4 Å². The van der Waals surface area contributed by atoms with E-state index in [0.29, 0.717) is 49.3 Å². The minimum atomic E-state index is -0.486. The maximum atomic E-state index is 12.3. The Morgan fingerprint density at radius 1 is 1.43 bits per heavy atom. The quantitative estimate of drug-likeness (QED) is 0.725. The van der Waals surface area contributed by atoms with Crippen molar-refractivity contribution in [3.8, 4) is 6.07 Å². The summed E-state index contributed by atoms with van der Waals surface area (Å²) in [6.07, 6.45) is 7.20. The van der Waals surface area contributed by atoms with Gasteiger partial charge in [-0.2, -0.15) is 5.26 Å². The summed E-state index contributed by atoms with van der Waals surface area (Å²) in [6.45, 7) is 0.801. The fourth-order valence-corrected chi connectivity index (χ4v) is 4.95. The van der Waals surface area contributed by atoms with Gasteiger partial charge in [0.25, 0.3) is 0 Å². The number of ether oxygens (including phenoxy) is 1. The number of nitriles is 1. The lowest BCUT2D eigenvalue weighted by Crippen LogP contribution is -2.35. The molecule has 2 amide bonds. The molecular formula is C21H21N3O5S. The number of hydrogen-bond acceptors (Lipinski definition) is 7. The first-order valence-electron chi connectivity index (χ1n) is 9.73. The molecule has 2 aliphatic rings. The average molecular weight is 427 g/mol. The van der Waals surface area contributed by atoms with Crippen LogP contribution in [-0.2, 0) is 22.4 Å². The Balaban J connectivity index is 1.41. The molecule has 4 rings (SSSR count). The van der Waals surface area contributed by atoms with Gasteiger partial charge in [0.1, 0.15) is 17.2 Å². The number of carbonyl (C=O) groups excluding carboxylic acids is 2. The third-order valence-electron chi connectivity index (χ3n) is 5.23. The number of hydrogen-bond donors (Lipinski definition) is 2. The molecule has 30 heavy (non-hydrogen) atoms. The molecule has 8 nitrogen and oxygen atoms in total. The van der Waals surface area contributed by atoms with E-state index < -0.39 is 12.2 Å². The number of amides is 2. The topological polar surface area (TPSA) is 116 Å². The molecule has 9 heteroatoms. The summed E-state index contributed by atoms with van der Waals surface area (Å²) in [5.41, 5.74) is 2.17. The molecule has 0 aromatic carbocycles. The lowest BCUT2D eigenvalue weighted by molar-refractivity contribution is -0.111. The Labute approximate surface area is 177 Å². The number of aliphatic hydroxyl groups excluding tert-OH is 1. The molecule has 2 atom stereocenters. The standard InChI is InChI=1S/C21H21N3O5S/c22-10-17-16-3-2-15(29-21(27)24-7-5-14(25)11-24)9-18(16)30-20(17)23-19(26)4-1-13-6-8-28-12-13/h1,4,6,8,12,14-15,25H,2-3,5,7,9,11H2,(H,23,26). The van der Waals surface area contributed by atoms with Gasteiger partial charge in [-0.25, -0.2) is 4.79 Å². The summed E-state index contributed by atoms with van der Waals surface area (Å²) in [7, 11) is 0. The predicted octanol–water partition coefficient (Wildman–Crippen LogP) is 2.93. The number of nitrogens with one attached hydrogen (secondary N) is 1. The number of thiophene rings is 1. The van der Waals surface area contributed by atoms with E-state index in [-0.39, 0.29) is 12.0 Å². The number of likely N-dealkylation sites (tertiary alicyclic amines) is 1. The first kappa shape index (κ1) is 20.2. The molecule has 1 fully saturated rings. The van der Waals surface area contributed by atoms with Crippen molar-refractivity contribution in [3.63, 3.8) is 0 Å². The highest BCUT2D eigenvalue weighted by atomic mass is 32.1. The van der Waals surface area contributed by atoms with Crippen molar-refractivity contribution in [2.45, 2.75) is 37.9 Å². The molecule has 0 bridgehead atoms. The minimum absolute atomic E-state index is 0.280. The zero-order chi connectivity index (χ0) is 21.1. The number of rotatable bonds is 4. The first-order valence-corrected chi connectivity index (χ1v) is 10.5. The maximum absolute atomic E-state index is 12.3. The van der Waals surface area contributed by atoms with Gasteiger partial charge < -0.3 is 24.5 Å². The summed E-state index contributed by atoms with van der Waals surface area (Å²) in [4.78, 5) is 27.0. The van der Waals surface area contributed by atoms with Crippen LogP contribution in [-0.4, -0.2) is 47.3 Å². The van der Waals surface area contributed by atoms with Crippen molar-refractivity contribution < 1.29 is 23.8 Å². The van der Waals surface area contributed by atoms with Crippen LogP contribution in [0.2, 0.25) is 0 Å². The van der Waals surface area contributed by atoms with Crippen LogP contribution in [0.1, 0.15) is 34.4 Å². The summed E-state index contributed by atoms with van der Waals surface area (Å²) < 4.78 is 10.6. The van der Waals surface area contributed by atoms with Crippen molar-refractivity contribution in [1.29, 1.82) is 5.26 Å². The van der Waals surface area contributed by atoms with Gasteiger partial charge >= 0.3 is 6.09 Å². The molecule has 2 unspecified atom stereocenters. The van der Waals surface area contributed by atoms with E-state index in [4.69, 9.17) is 9.15 Å². The van der Waals surface area contributed by atoms with Gasteiger partial charge in [0, 0.05) is 36.0 Å². The molecule has 2 aromatic heterocycles. The Morgan fingerprint density at radius 3 is 3.00 bits per heavy atom. The molecule has 1 aliphatic carbocycles. The highest BCUT2D eigenvalue weighted by Crippen LogP contribution is 2.38. The fourth-order valence-electron chi connectivity index (χ4n) is 3.68. The molecule has 0 radical (unpaired) electrons. The van der Waals surface area contributed by atoms with Crippen LogP contribution in [0.5, 0.6) is 0 Å². The largest absolute Gasteiger partial charge is 0.472 e.